The van der Waals surface area contributed by atoms with Crippen molar-refractivity contribution in [2.45, 2.75) is 18.4 Å². The molecule has 0 aliphatic heterocycles. The molecule has 0 aromatic heterocycles. The van der Waals surface area contributed by atoms with Gasteiger partial charge in [-0.05, 0) is 18.6 Å². The van der Waals surface area contributed by atoms with Crippen LogP contribution >= 0.6 is 15.9 Å². The summed E-state index contributed by atoms with van der Waals surface area (Å²) >= 11 is 3.37. The molecular weight excluding hydrogens is 246 g/mol. The Balaban J connectivity index is 2.43. The minimum Gasteiger partial charge on any atom is -0.504 e. The summed E-state index contributed by atoms with van der Waals surface area (Å²) in [6, 6.07) is 3.82. The Bertz CT molecular complexity index is 367. The van der Waals surface area contributed by atoms with Crippen LogP contribution in [0.4, 0.5) is 0 Å². The predicted octanol–water partition coefficient (Wildman–Crippen LogP) is 1.98. The highest BCUT2D eigenvalue weighted by molar-refractivity contribution is 9.10. The summed E-state index contributed by atoms with van der Waals surface area (Å²) in [4.78, 5) is 0. The number of rotatable bonds is 2. The van der Waals surface area contributed by atoms with Gasteiger partial charge in [0.2, 0.25) is 0 Å². The lowest BCUT2D eigenvalue weighted by molar-refractivity contribution is 0.370. The first-order valence-electron chi connectivity index (χ1n) is 4.45. The van der Waals surface area contributed by atoms with Crippen LogP contribution in [0.5, 0.6) is 11.5 Å². The lowest BCUT2D eigenvalue weighted by Gasteiger charge is -2.09. The van der Waals surface area contributed by atoms with Gasteiger partial charge in [0.25, 0.3) is 0 Å². The fourth-order valence-corrected chi connectivity index (χ4v) is 2.06. The fraction of sp³-hybridized carbons (Fsp3) is 0.400. The van der Waals surface area contributed by atoms with Crippen LogP contribution in [0.25, 0.3) is 0 Å². The molecule has 76 valence electrons. The molecule has 1 aromatic carbocycles. The zero-order chi connectivity index (χ0) is 10.3. The standard InChI is InChI=1S/C10H12BrNO2/c1-14-9-3-5(11)2-7(10(9)13)6-4-8(6)12/h2-3,6,8,13H,4,12H2,1H3. The van der Waals surface area contributed by atoms with Gasteiger partial charge >= 0.3 is 0 Å². The Labute approximate surface area is 91.0 Å². The lowest BCUT2D eigenvalue weighted by Crippen LogP contribution is -2.01. The van der Waals surface area contributed by atoms with Gasteiger partial charge in [0.15, 0.2) is 11.5 Å². The average Bonchev–Trinajstić information content (AvgIpc) is 2.86. The molecule has 1 aromatic rings. The molecule has 2 rings (SSSR count). The molecule has 2 unspecified atom stereocenters. The number of methoxy groups -OCH3 is 1. The van der Waals surface area contributed by atoms with Crippen molar-refractivity contribution in [2.75, 3.05) is 7.11 Å². The number of hydrogen-bond donors (Lipinski definition) is 2. The van der Waals surface area contributed by atoms with Gasteiger partial charge in [0.1, 0.15) is 0 Å². The quantitative estimate of drug-likeness (QED) is 0.852. The number of benzene rings is 1. The maximum absolute atomic E-state index is 9.84. The van der Waals surface area contributed by atoms with E-state index in [0.29, 0.717) is 5.75 Å². The third-order valence-corrected chi connectivity index (χ3v) is 2.99. The van der Waals surface area contributed by atoms with Gasteiger partial charge < -0.3 is 15.6 Å². The molecule has 1 saturated carbocycles. The van der Waals surface area contributed by atoms with Gasteiger partial charge in [0, 0.05) is 22.0 Å². The fourth-order valence-electron chi connectivity index (χ4n) is 1.60. The Morgan fingerprint density at radius 3 is 2.71 bits per heavy atom. The summed E-state index contributed by atoms with van der Waals surface area (Å²) in [5, 5.41) is 9.84. The number of ether oxygens (including phenoxy) is 1. The van der Waals surface area contributed by atoms with Crippen LogP contribution in [-0.4, -0.2) is 18.3 Å². The number of aromatic hydroxyl groups is 1. The van der Waals surface area contributed by atoms with E-state index in [-0.39, 0.29) is 17.7 Å². The van der Waals surface area contributed by atoms with Gasteiger partial charge in [-0.1, -0.05) is 15.9 Å². The summed E-state index contributed by atoms with van der Waals surface area (Å²) in [6.07, 6.45) is 0.938. The van der Waals surface area contributed by atoms with Gasteiger partial charge in [-0.2, -0.15) is 0 Å². The molecule has 0 bridgehead atoms. The highest BCUT2D eigenvalue weighted by atomic mass is 79.9. The molecule has 0 amide bonds. The summed E-state index contributed by atoms with van der Waals surface area (Å²) in [7, 11) is 1.54. The van der Waals surface area contributed by atoms with Crippen molar-refractivity contribution in [2.24, 2.45) is 5.73 Å². The second-order valence-electron chi connectivity index (χ2n) is 3.55. The number of halogens is 1. The third kappa shape index (κ3) is 1.60. The SMILES string of the molecule is COc1cc(Br)cc(C2CC2N)c1O. The van der Waals surface area contributed by atoms with Crippen molar-refractivity contribution in [1.29, 1.82) is 0 Å². The van der Waals surface area contributed by atoms with Crippen LogP contribution in [0, 0.1) is 0 Å². The third-order valence-electron chi connectivity index (χ3n) is 2.53. The van der Waals surface area contributed by atoms with Crippen molar-refractivity contribution >= 4 is 15.9 Å². The number of nitrogens with two attached hydrogens (primary N) is 1. The van der Waals surface area contributed by atoms with Crippen molar-refractivity contribution in [3.05, 3.63) is 22.2 Å². The van der Waals surface area contributed by atoms with Crippen molar-refractivity contribution in [1.82, 2.24) is 0 Å². The normalized spacial score (nSPS) is 24.8. The molecule has 1 aliphatic rings. The average molecular weight is 258 g/mol. The van der Waals surface area contributed by atoms with Crippen LogP contribution in [0.2, 0.25) is 0 Å². The van der Waals surface area contributed by atoms with Gasteiger partial charge in [-0.25, -0.2) is 0 Å². The topological polar surface area (TPSA) is 55.5 Å². The summed E-state index contributed by atoms with van der Waals surface area (Å²) in [5.41, 5.74) is 6.62. The molecule has 0 radical (unpaired) electrons. The first kappa shape index (κ1) is 9.80. The second kappa shape index (κ2) is 3.44. The molecule has 3 N–H and O–H groups in total. The Morgan fingerprint density at radius 2 is 2.21 bits per heavy atom. The molecule has 0 heterocycles. The van der Waals surface area contributed by atoms with E-state index in [9.17, 15) is 5.11 Å². The highest BCUT2D eigenvalue weighted by Gasteiger charge is 2.37. The Morgan fingerprint density at radius 1 is 1.57 bits per heavy atom. The van der Waals surface area contributed by atoms with E-state index in [1.807, 2.05) is 6.07 Å². The van der Waals surface area contributed by atoms with Crippen molar-refractivity contribution < 1.29 is 9.84 Å². The minimum absolute atomic E-state index is 0.180. The molecule has 1 fully saturated rings. The number of phenols is 1. The van der Waals surface area contributed by atoms with Gasteiger partial charge in [0.05, 0.1) is 7.11 Å². The van der Waals surface area contributed by atoms with Gasteiger partial charge in [-0.3, -0.25) is 0 Å². The number of phenolic OH excluding ortho intramolecular Hbond substituents is 1. The van der Waals surface area contributed by atoms with Crippen LogP contribution in [0.1, 0.15) is 17.9 Å². The maximum Gasteiger partial charge on any atom is 0.161 e. The van der Waals surface area contributed by atoms with E-state index in [2.05, 4.69) is 15.9 Å². The second-order valence-corrected chi connectivity index (χ2v) is 4.47. The number of hydrogen-bond acceptors (Lipinski definition) is 3. The van der Waals surface area contributed by atoms with E-state index < -0.39 is 0 Å². The van der Waals surface area contributed by atoms with E-state index in [0.717, 1.165) is 16.5 Å². The van der Waals surface area contributed by atoms with Crippen LogP contribution in [0.15, 0.2) is 16.6 Å². The zero-order valence-corrected chi connectivity index (χ0v) is 9.41. The molecule has 2 atom stereocenters. The summed E-state index contributed by atoms with van der Waals surface area (Å²) in [5.74, 6) is 0.989. The molecule has 3 nitrogen and oxygen atoms in total. The first-order chi connectivity index (χ1) is 6.63. The van der Waals surface area contributed by atoms with Crippen LogP contribution in [0.3, 0.4) is 0 Å². The molecule has 0 saturated heterocycles. The van der Waals surface area contributed by atoms with E-state index in [4.69, 9.17) is 10.5 Å². The summed E-state index contributed by atoms with van der Waals surface area (Å²) < 4.78 is 5.96. The van der Waals surface area contributed by atoms with E-state index >= 15 is 0 Å². The largest absolute Gasteiger partial charge is 0.504 e. The van der Waals surface area contributed by atoms with Gasteiger partial charge in [-0.15, -0.1) is 0 Å². The van der Waals surface area contributed by atoms with Crippen LogP contribution < -0.4 is 10.5 Å². The Hall–Kier alpha value is -0.740. The predicted molar refractivity (Wildman–Crippen MR) is 57.7 cm³/mol. The van der Waals surface area contributed by atoms with E-state index in [1.165, 1.54) is 7.11 Å². The van der Waals surface area contributed by atoms with Crippen molar-refractivity contribution in [3.63, 3.8) is 0 Å². The lowest BCUT2D eigenvalue weighted by atomic mass is 10.1. The minimum atomic E-state index is 0.180. The van der Waals surface area contributed by atoms with E-state index in [1.54, 1.807) is 6.07 Å². The Kier molecular flexibility index (Phi) is 2.41. The summed E-state index contributed by atoms with van der Waals surface area (Å²) in [6.45, 7) is 0. The maximum atomic E-state index is 9.84. The molecular formula is C10H12BrNO2. The highest BCUT2D eigenvalue weighted by Crippen LogP contribution is 2.47. The first-order valence-corrected chi connectivity index (χ1v) is 5.24. The molecule has 0 spiro atoms. The monoisotopic (exact) mass is 257 g/mol. The molecule has 14 heavy (non-hydrogen) atoms. The van der Waals surface area contributed by atoms with Crippen LogP contribution in [-0.2, 0) is 0 Å². The molecule has 1 aliphatic carbocycles. The smallest absolute Gasteiger partial charge is 0.161 e. The zero-order valence-electron chi connectivity index (χ0n) is 7.83. The molecule has 4 heteroatoms. The van der Waals surface area contributed by atoms with Crippen molar-refractivity contribution in [3.8, 4) is 11.5 Å².